The molecule has 0 aliphatic carbocycles. The summed E-state index contributed by atoms with van der Waals surface area (Å²) < 4.78 is 18.3. The first-order valence-electron chi connectivity index (χ1n) is 7.04. The molecular weight excluding hydrogens is 299 g/mol. The summed E-state index contributed by atoms with van der Waals surface area (Å²) in [6.45, 7) is 0.594. The maximum absolute atomic E-state index is 12.8. The number of nitrogens with zero attached hydrogens (tertiary/aromatic N) is 2. The van der Waals surface area contributed by atoms with Gasteiger partial charge in [-0.25, -0.2) is 4.39 Å². The molecule has 0 amide bonds. The summed E-state index contributed by atoms with van der Waals surface area (Å²) in [5.74, 6) is 1.33. The second-order valence-corrected chi connectivity index (χ2v) is 5.82. The van der Waals surface area contributed by atoms with Gasteiger partial charge < -0.3 is 4.74 Å². The second kappa shape index (κ2) is 7.22. The summed E-state index contributed by atoms with van der Waals surface area (Å²) in [4.78, 5) is 0. The summed E-state index contributed by atoms with van der Waals surface area (Å²) in [5, 5.41) is 11.4. The van der Waals surface area contributed by atoms with E-state index in [9.17, 15) is 4.39 Å². The molecular formula is C17H15FN2OS. The maximum atomic E-state index is 12.8. The summed E-state index contributed by atoms with van der Waals surface area (Å²) in [5.41, 5.74) is 0. The minimum absolute atomic E-state index is 0.252. The molecule has 5 heteroatoms. The van der Waals surface area contributed by atoms with E-state index in [1.165, 1.54) is 12.1 Å². The zero-order valence-electron chi connectivity index (χ0n) is 11.9. The molecule has 3 nitrogen and oxygen atoms in total. The molecule has 0 aliphatic heterocycles. The van der Waals surface area contributed by atoms with Crippen LogP contribution in [0.1, 0.15) is 6.42 Å². The molecule has 1 aromatic heterocycles. The van der Waals surface area contributed by atoms with Crippen LogP contribution in [0.25, 0.3) is 10.8 Å². The summed E-state index contributed by atoms with van der Waals surface area (Å²) in [7, 11) is 0. The lowest BCUT2D eigenvalue weighted by Gasteiger charge is -2.06. The van der Waals surface area contributed by atoms with Crippen molar-refractivity contribution in [2.45, 2.75) is 11.4 Å². The fraction of sp³-hybridized carbons (Fsp3) is 0.176. The molecule has 3 aromatic rings. The monoisotopic (exact) mass is 314 g/mol. The van der Waals surface area contributed by atoms with Gasteiger partial charge in [0.15, 0.2) is 0 Å². The first-order chi connectivity index (χ1) is 10.8. The Labute approximate surface area is 132 Å². The Morgan fingerprint density at radius 2 is 1.86 bits per heavy atom. The van der Waals surface area contributed by atoms with Gasteiger partial charge in [-0.3, -0.25) is 0 Å². The van der Waals surface area contributed by atoms with Crippen molar-refractivity contribution in [2.24, 2.45) is 0 Å². The summed E-state index contributed by atoms with van der Waals surface area (Å²) in [6, 6.07) is 14.2. The number of fused-ring (bicyclic) bond motifs is 1. The first-order valence-corrected chi connectivity index (χ1v) is 8.03. The van der Waals surface area contributed by atoms with Crippen LogP contribution in [0.2, 0.25) is 0 Å². The van der Waals surface area contributed by atoms with Crippen molar-refractivity contribution in [3.63, 3.8) is 0 Å². The Morgan fingerprint density at radius 1 is 1.05 bits per heavy atom. The molecule has 0 bridgehead atoms. The predicted octanol–water partition coefficient (Wildman–Crippen LogP) is 4.33. The van der Waals surface area contributed by atoms with Crippen LogP contribution in [0.5, 0.6) is 5.75 Å². The molecule has 0 saturated carbocycles. The fourth-order valence-electron chi connectivity index (χ4n) is 2.06. The first kappa shape index (κ1) is 14.8. The third-order valence-electron chi connectivity index (χ3n) is 3.15. The molecule has 112 valence electrons. The number of thioether (sulfide) groups is 1. The molecule has 0 unspecified atom stereocenters. The maximum Gasteiger partial charge on any atom is 0.127 e. The quantitative estimate of drug-likeness (QED) is 0.501. The zero-order chi connectivity index (χ0) is 15.2. The van der Waals surface area contributed by atoms with Gasteiger partial charge in [-0.15, -0.1) is 16.9 Å². The summed E-state index contributed by atoms with van der Waals surface area (Å²) in [6.07, 6.45) is 2.66. The minimum Gasteiger partial charge on any atom is -0.494 e. The molecule has 3 rings (SSSR count). The van der Waals surface area contributed by atoms with E-state index < -0.39 is 0 Å². The lowest BCUT2D eigenvalue weighted by Crippen LogP contribution is -1.99. The van der Waals surface area contributed by atoms with Crippen LogP contribution in [0.4, 0.5) is 4.39 Å². The van der Waals surface area contributed by atoms with Crippen molar-refractivity contribution in [1.29, 1.82) is 0 Å². The third kappa shape index (κ3) is 3.74. The fourth-order valence-corrected chi connectivity index (χ4v) is 2.96. The van der Waals surface area contributed by atoms with Crippen LogP contribution in [-0.4, -0.2) is 22.6 Å². The lowest BCUT2D eigenvalue weighted by atomic mass is 10.2. The van der Waals surface area contributed by atoms with Gasteiger partial charge in [-0.2, -0.15) is 5.10 Å². The highest BCUT2D eigenvalue weighted by molar-refractivity contribution is 7.99. The number of ether oxygens (including phenoxy) is 1. The van der Waals surface area contributed by atoms with E-state index in [-0.39, 0.29) is 5.82 Å². The molecule has 0 N–H and O–H groups in total. The van der Waals surface area contributed by atoms with Crippen molar-refractivity contribution in [3.05, 3.63) is 60.5 Å². The Kier molecular flexibility index (Phi) is 4.85. The number of aromatic nitrogens is 2. The van der Waals surface area contributed by atoms with E-state index in [0.717, 1.165) is 28.0 Å². The topological polar surface area (TPSA) is 35.0 Å². The van der Waals surface area contributed by atoms with Crippen LogP contribution in [0.15, 0.2) is 59.8 Å². The van der Waals surface area contributed by atoms with Crippen LogP contribution in [0, 0.1) is 5.82 Å². The highest BCUT2D eigenvalue weighted by Crippen LogP contribution is 2.25. The molecule has 0 aliphatic rings. The van der Waals surface area contributed by atoms with Crippen LogP contribution >= 0.6 is 11.8 Å². The molecule has 1 heterocycles. The van der Waals surface area contributed by atoms with E-state index in [0.29, 0.717) is 12.4 Å². The van der Waals surface area contributed by atoms with Gasteiger partial charge in [0.25, 0.3) is 0 Å². The number of rotatable bonds is 6. The van der Waals surface area contributed by atoms with Crippen molar-refractivity contribution in [3.8, 4) is 5.75 Å². The van der Waals surface area contributed by atoms with E-state index in [1.807, 2.05) is 18.2 Å². The highest BCUT2D eigenvalue weighted by Gasteiger charge is 2.03. The van der Waals surface area contributed by atoms with Gasteiger partial charge in [-0.05, 0) is 30.7 Å². The lowest BCUT2D eigenvalue weighted by molar-refractivity contribution is 0.318. The molecule has 0 radical (unpaired) electrons. The SMILES string of the molecule is Fc1ccc(OCCCSc2nncc3ccccc23)cc1. The molecule has 0 atom stereocenters. The van der Waals surface area contributed by atoms with E-state index in [2.05, 4.69) is 16.3 Å². The summed E-state index contributed by atoms with van der Waals surface area (Å²) >= 11 is 1.67. The molecule has 0 saturated heterocycles. The average Bonchev–Trinajstić information content (AvgIpc) is 2.56. The van der Waals surface area contributed by atoms with Gasteiger partial charge in [0.2, 0.25) is 0 Å². The van der Waals surface area contributed by atoms with Crippen molar-refractivity contribution in [2.75, 3.05) is 12.4 Å². The highest BCUT2D eigenvalue weighted by atomic mass is 32.2. The van der Waals surface area contributed by atoms with Gasteiger partial charge in [0.1, 0.15) is 16.6 Å². The number of halogens is 1. The Balaban J connectivity index is 1.49. The molecule has 22 heavy (non-hydrogen) atoms. The largest absolute Gasteiger partial charge is 0.494 e. The third-order valence-corrected chi connectivity index (χ3v) is 4.21. The van der Waals surface area contributed by atoms with Crippen LogP contribution in [0.3, 0.4) is 0 Å². The van der Waals surface area contributed by atoms with E-state index in [1.54, 1.807) is 30.1 Å². The van der Waals surface area contributed by atoms with Crippen LogP contribution < -0.4 is 4.74 Å². The van der Waals surface area contributed by atoms with Gasteiger partial charge >= 0.3 is 0 Å². The number of hydrogen-bond donors (Lipinski definition) is 0. The van der Waals surface area contributed by atoms with Crippen LogP contribution in [-0.2, 0) is 0 Å². The van der Waals surface area contributed by atoms with Gasteiger partial charge in [0, 0.05) is 16.5 Å². The normalized spacial score (nSPS) is 10.8. The van der Waals surface area contributed by atoms with Crippen molar-refractivity contribution in [1.82, 2.24) is 10.2 Å². The number of hydrogen-bond acceptors (Lipinski definition) is 4. The molecule has 0 fully saturated rings. The molecule has 0 spiro atoms. The average molecular weight is 314 g/mol. The van der Waals surface area contributed by atoms with E-state index >= 15 is 0 Å². The zero-order valence-corrected chi connectivity index (χ0v) is 12.7. The Morgan fingerprint density at radius 3 is 2.73 bits per heavy atom. The second-order valence-electron chi connectivity index (χ2n) is 4.74. The minimum atomic E-state index is -0.252. The Bertz CT molecular complexity index is 744. The molecule has 2 aromatic carbocycles. The predicted molar refractivity (Wildman–Crippen MR) is 86.8 cm³/mol. The van der Waals surface area contributed by atoms with Crippen molar-refractivity contribution < 1.29 is 9.13 Å². The van der Waals surface area contributed by atoms with Gasteiger partial charge in [0.05, 0.1) is 12.8 Å². The number of benzene rings is 2. The van der Waals surface area contributed by atoms with E-state index in [4.69, 9.17) is 4.74 Å². The standard InChI is InChI=1S/C17H15FN2OS/c18-14-6-8-15(9-7-14)21-10-3-11-22-17-16-5-2-1-4-13(16)12-19-20-17/h1-2,4-9,12H,3,10-11H2. The Hall–Kier alpha value is -2.14. The van der Waals surface area contributed by atoms with Crippen molar-refractivity contribution >= 4 is 22.5 Å². The van der Waals surface area contributed by atoms with Gasteiger partial charge in [-0.1, -0.05) is 24.3 Å². The smallest absolute Gasteiger partial charge is 0.127 e.